The molecule has 4 nitrogen and oxygen atoms in total. The average Bonchev–Trinajstić information content (AvgIpc) is 3.29. The van der Waals surface area contributed by atoms with Gasteiger partial charge in [-0.1, -0.05) is 12.1 Å². The fourth-order valence-corrected chi connectivity index (χ4v) is 3.14. The van der Waals surface area contributed by atoms with E-state index in [9.17, 15) is 13.2 Å². The molecule has 0 fully saturated rings. The van der Waals surface area contributed by atoms with Crippen LogP contribution in [0.1, 0.15) is 24.1 Å². The molecule has 0 amide bonds. The summed E-state index contributed by atoms with van der Waals surface area (Å²) in [4.78, 5) is 7.33. The first kappa shape index (κ1) is 16.4. The summed E-state index contributed by atoms with van der Waals surface area (Å²) in [6.45, 7) is 1.83. The van der Waals surface area contributed by atoms with Crippen LogP contribution in [-0.4, -0.2) is 19.7 Å². The van der Waals surface area contributed by atoms with Crippen LogP contribution in [0.15, 0.2) is 61.1 Å². The van der Waals surface area contributed by atoms with Crippen LogP contribution in [0.5, 0.6) is 0 Å². The van der Waals surface area contributed by atoms with Crippen LogP contribution in [-0.2, 0) is 6.18 Å². The van der Waals surface area contributed by atoms with E-state index in [0.717, 1.165) is 28.4 Å². The van der Waals surface area contributed by atoms with Gasteiger partial charge in [0.25, 0.3) is 0 Å². The molecule has 3 heterocycles. The number of halogens is 3. The van der Waals surface area contributed by atoms with Crippen molar-refractivity contribution in [2.75, 3.05) is 0 Å². The van der Waals surface area contributed by atoms with Crippen LogP contribution in [0.3, 0.4) is 0 Å². The number of aromatic nitrogens is 4. The van der Waals surface area contributed by atoms with Crippen molar-refractivity contribution >= 4 is 11.0 Å². The Kier molecular flexibility index (Phi) is 3.79. The SMILES string of the molecule is CC(c1cccc(C(F)(F)F)c1)n1nccc1-c1ccnc2[nH]ccc12. The summed E-state index contributed by atoms with van der Waals surface area (Å²) < 4.78 is 40.8. The van der Waals surface area contributed by atoms with Crippen molar-refractivity contribution in [2.45, 2.75) is 19.1 Å². The van der Waals surface area contributed by atoms with E-state index in [1.807, 2.05) is 25.1 Å². The van der Waals surface area contributed by atoms with Crippen LogP contribution in [0, 0.1) is 0 Å². The van der Waals surface area contributed by atoms with Gasteiger partial charge in [-0.25, -0.2) is 4.98 Å². The third-order valence-corrected chi connectivity index (χ3v) is 4.47. The Morgan fingerprint density at radius 2 is 1.92 bits per heavy atom. The topological polar surface area (TPSA) is 46.5 Å². The maximum absolute atomic E-state index is 13.0. The van der Waals surface area contributed by atoms with Crippen molar-refractivity contribution in [3.8, 4) is 11.3 Å². The zero-order chi connectivity index (χ0) is 18.3. The molecular weight excluding hydrogens is 341 g/mol. The number of benzene rings is 1. The first-order chi connectivity index (χ1) is 12.4. The quantitative estimate of drug-likeness (QED) is 0.558. The van der Waals surface area contributed by atoms with Crippen LogP contribution in [0.25, 0.3) is 22.3 Å². The molecule has 4 rings (SSSR count). The molecule has 0 aliphatic carbocycles. The van der Waals surface area contributed by atoms with Crippen molar-refractivity contribution in [1.82, 2.24) is 19.7 Å². The molecule has 3 aromatic heterocycles. The molecule has 4 aromatic rings. The zero-order valence-corrected chi connectivity index (χ0v) is 13.8. The molecule has 132 valence electrons. The van der Waals surface area contributed by atoms with Crippen molar-refractivity contribution in [3.05, 3.63) is 72.2 Å². The summed E-state index contributed by atoms with van der Waals surface area (Å²) in [7, 11) is 0. The molecule has 0 spiro atoms. The third kappa shape index (κ3) is 2.75. The number of nitrogens with zero attached hydrogens (tertiary/aromatic N) is 3. The minimum Gasteiger partial charge on any atom is -0.346 e. The second kappa shape index (κ2) is 6.01. The highest BCUT2D eigenvalue weighted by Crippen LogP contribution is 2.33. The van der Waals surface area contributed by atoms with E-state index in [4.69, 9.17) is 0 Å². The van der Waals surface area contributed by atoms with Crippen molar-refractivity contribution in [3.63, 3.8) is 0 Å². The summed E-state index contributed by atoms with van der Waals surface area (Å²) in [6.07, 6.45) is 0.780. The Labute approximate surface area is 147 Å². The molecule has 1 atom stereocenters. The number of H-pyrrole nitrogens is 1. The largest absolute Gasteiger partial charge is 0.416 e. The molecule has 1 unspecified atom stereocenters. The molecule has 1 aromatic carbocycles. The summed E-state index contributed by atoms with van der Waals surface area (Å²) in [5.74, 6) is 0. The van der Waals surface area contributed by atoms with E-state index in [2.05, 4.69) is 15.1 Å². The van der Waals surface area contributed by atoms with Crippen LogP contribution in [0.2, 0.25) is 0 Å². The Morgan fingerprint density at radius 1 is 1.08 bits per heavy atom. The number of hydrogen-bond acceptors (Lipinski definition) is 2. The van der Waals surface area contributed by atoms with Crippen LogP contribution in [0.4, 0.5) is 13.2 Å². The maximum Gasteiger partial charge on any atom is 0.416 e. The van der Waals surface area contributed by atoms with E-state index < -0.39 is 11.7 Å². The van der Waals surface area contributed by atoms with Gasteiger partial charge in [0.05, 0.1) is 17.3 Å². The molecule has 0 aliphatic rings. The lowest BCUT2D eigenvalue weighted by Gasteiger charge is -2.18. The second-order valence-corrected chi connectivity index (χ2v) is 6.06. The highest BCUT2D eigenvalue weighted by Gasteiger charge is 2.31. The predicted molar refractivity (Wildman–Crippen MR) is 92.6 cm³/mol. The molecule has 0 saturated heterocycles. The third-order valence-electron chi connectivity index (χ3n) is 4.47. The highest BCUT2D eigenvalue weighted by atomic mass is 19.4. The maximum atomic E-state index is 13.0. The Bertz CT molecular complexity index is 1060. The smallest absolute Gasteiger partial charge is 0.346 e. The molecule has 0 bridgehead atoms. The summed E-state index contributed by atoms with van der Waals surface area (Å²) in [5, 5.41) is 5.29. The van der Waals surface area contributed by atoms with E-state index in [1.54, 1.807) is 29.3 Å². The molecule has 26 heavy (non-hydrogen) atoms. The number of hydrogen-bond donors (Lipinski definition) is 1. The normalized spacial score (nSPS) is 13.2. The van der Waals surface area contributed by atoms with E-state index in [-0.39, 0.29) is 6.04 Å². The minimum absolute atomic E-state index is 0.357. The molecular formula is C19H15F3N4. The van der Waals surface area contributed by atoms with Gasteiger partial charge in [0, 0.05) is 29.5 Å². The minimum atomic E-state index is -4.37. The van der Waals surface area contributed by atoms with Gasteiger partial charge in [-0.2, -0.15) is 18.3 Å². The van der Waals surface area contributed by atoms with E-state index >= 15 is 0 Å². The zero-order valence-electron chi connectivity index (χ0n) is 13.8. The Balaban J connectivity index is 1.79. The Morgan fingerprint density at radius 3 is 2.73 bits per heavy atom. The van der Waals surface area contributed by atoms with Gasteiger partial charge < -0.3 is 4.98 Å². The van der Waals surface area contributed by atoms with Gasteiger partial charge in [0.1, 0.15) is 5.65 Å². The van der Waals surface area contributed by atoms with Gasteiger partial charge in [0.15, 0.2) is 0 Å². The monoisotopic (exact) mass is 356 g/mol. The van der Waals surface area contributed by atoms with Crippen LogP contribution >= 0.6 is 0 Å². The highest BCUT2D eigenvalue weighted by molar-refractivity contribution is 5.91. The lowest BCUT2D eigenvalue weighted by molar-refractivity contribution is -0.137. The van der Waals surface area contributed by atoms with Crippen molar-refractivity contribution < 1.29 is 13.2 Å². The summed E-state index contributed by atoms with van der Waals surface area (Å²) in [5.41, 5.74) is 2.38. The summed E-state index contributed by atoms with van der Waals surface area (Å²) >= 11 is 0. The lowest BCUT2D eigenvalue weighted by Crippen LogP contribution is -2.12. The summed E-state index contributed by atoms with van der Waals surface area (Å²) in [6, 6.07) is 10.7. The molecule has 0 aliphatic heterocycles. The molecule has 0 radical (unpaired) electrons. The number of pyridine rings is 1. The van der Waals surface area contributed by atoms with Crippen molar-refractivity contribution in [2.24, 2.45) is 0 Å². The van der Waals surface area contributed by atoms with Crippen molar-refractivity contribution in [1.29, 1.82) is 0 Å². The fourth-order valence-electron chi connectivity index (χ4n) is 3.14. The number of aromatic amines is 1. The number of alkyl halides is 3. The Hall–Kier alpha value is -3.09. The van der Waals surface area contributed by atoms with E-state index in [1.165, 1.54) is 12.1 Å². The molecule has 7 heteroatoms. The first-order valence-corrected chi connectivity index (χ1v) is 8.08. The van der Waals surface area contributed by atoms with Gasteiger partial charge in [-0.15, -0.1) is 0 Å². The van der Waals surface area contributed by atoms with Gasteiger partial charge in [0.2, 0.25) is 0 Å². The van der Waals surface area contributed by atoms with Gasteiger partial charge in [-0.3, -0.25) is 4.68 Å². The standard InChI is InChI=1S/C19H15F3N4/c1-12(13-3-2-4-14(11-13)19(20,21)22)26-17(7-10-25-26)15-5-8-23-18-16(15)6-9-24-18/h2-12H,1H3,(H,23,24). The average molecular weight is 356 g/mol. The number of nitrogens with one attached hydrogen (secondary N) is 1. The molecule has 1 N–H and O–H groups in total. The van der Waals surface area contributed by atoms with Crippen LogP contribution < -0.4 is 0 Å². The van der Waals surface area contributed by atoms with Gasteiger partial charge in [-0.05, 0) is 42.8 Å². The second-order valence-electron chi connectivity index (χ2n) is 6.06. The fraction of sp³-hybridized carbons (Fsp3) is 0.158. The number of fused-ring (bicyclic) bond motifs is 1. The molecule has 0 saturated carbocycles. The predicted octanol–water partition coefficient (Wildman–Crippen LogP) is 5.05. The van der Waals surface area contributed by atoms with E-state index in [0.29, 0.717) is 5.56 Å². The number of rotatable bonds is 3. The van der Waals surface area contributed by atoms with Gasteiger partial charge >= 0.3 is 6.18 Å². The first-order valence-electron chi connectivity index (χ1n) is 8.08. The lowest BCUT2D eigenvalue weighted by atomic mass is 10.0.